The SMILES string of the molecule is COc1ccc(C)c(C(=NCC(C)=N)c2ccc(Cl)cc2)c1. The molecule has 22 heavy (non-hydrogen) atoms. The number of aliphatic imine (C=N–C) groups is 1. The lowest BCUT2D eigenvalue weighted by Crippen LogP contribution is -2.09. The molecule has 3 nitrogen and oxygen atoms in total. The number of rotatable bonds is 5. The Morgan fingerprint density at radius 3 is 2.45 bits per heavy atom. The maximum Gasteiger partial charge on any atom is 0.119 e. The fourth-order valence-corrected chi connectivity index (χ4v) is 2.25. The van der Waals surface area contributed by atoms with Gasteiger partial charge in [-0.15, -0.1) is 0 Å². The molecule has 0 aliphatic carbocycles. The van der Waals surface area contributed by atoms with Gasteiger partial charge in [0.25, 0.3) is 0 Å². The minimum atomic E-state index is 0.370. The molecule has 0 unspecified atom stereocenters. The lowest BCUT2D eigenvalue weighted by molar-refractivity contribution is 0.414. The van der Waals surface area contributed by atoms with Crippen LogP contribution in [0.4, 0.5) is 0 Å². The van der Waals surface area contributed by atoms with E-state index in [2.05, 4.69) is 4.99 Å². The Hall–Kier alpha value is -2.13. The second-order valence-electron chi connectivity index (χ2n) is 5.13. The number of aryl methyl sites for hydroxylation is 1. The summed E-state index contributed by atoms with van der Waals surface area (Å²) >= 11 is 5.97. The van der Waals surface area contributed by atoms with Gasteiger partial charge in [-0.05, 0) is 43.7 Å². The second-order valence-corrected chi connectivity index (χ2v) is 5.57. The number of ether oxygens (including phenoxy) is 1. The lowest BCUT2D eigenvalue weighted by atomic mass is 9.97. The maximum atomic E-state index is 7.63. The van der Waals surface area contributed by atoms with Crippen LogP contribution in [0.5, 0.6) is 5.75 Å². The van der Waals surface area contributed by atoms with Crippen molar-refractivity contribution in [1.82, 2.24) is 0 Å². The van der Waals surface area contributed by atoms with Gasteiger partial charge >= 0.3 is 0 Å². The smallest absolute Gasteiger partial charge is 0.119 e. The first-order valence-electron chi connectivity index (χ1n) is 7.00. The largest absolute Gasteiger partial charge is 0.497 e. The summed E-state index contributed by atoms with van der Waals surface area (Å²) in [6.07, 6.45) is 0. The molecule has 0 aliphatic rings. The van der Waals surface area contributed by atoms with Crippen LogP contribution in [0, 0.1) is 12.3 Å². The van der Waals surface area contributed by atoms with Gasteiger partial charge in [0.05, 0.1) is 19.4 Å². The lowest BCUT2D eigenvalue weighted by Gasteiger charge is -2.12. The molecule has 0 saturated heterocycles. The summed E-state index contributed by atoms with van der Waals surface area (Å²) in [6.45, 7) is 4.16. The predicted octanol–water partition coefficient (Wildman–Crippen LogP) is 4.53. The standard InChI is InChI=1S/C18H19ClN2O/c1-12-4-9-16(22-3)10-17(12)18(21-11-13(2)20)14-5-7-15(19)8-6-14/h4-10,20H,11H2,1-3H3. The molecule has 0 bridgehead atoms. The Morgan fingerprint density at radius 1 is 1.18 bits per heavy atom. The van der Waals surface area contributed by atoms with E-state index in [1.54, 1.807) is 14.0 Å². The van der Waals surface area contributed by atoms with Crippen molar-refractivity contribution in [3.63, 3.8) is 0 Å². The monoisotopic (exact) mass is 314 g/mol. The zero-order valence-electron chi connectivity index (χ0n) is 13.0. The molecular weight excluding hydrogens is 296 g/mol. The molecule has 0 spiro atoms. The van der Waals surface area contributed by atoms with Gasteiger partial charge in [0, 0.05) is 21.9 Å². The Bertz CT molecular complexity index is 706. The molecule has 0 radical (unpaired) electrons. The highest BCUT2D eigenvalue weighted by atomic mass is 35.5. The molecule has 0 fully saturated rings. The summed E-state index contributed by atoms with van der Waals surface area (Å²) in [5, 5.41) is 8.31. The molecule has 0 atom stereocenters. The van der Waals surface area contributed by atoms with Crippen LogP contribution in [0.2, 0.25) is 5.02 Å². The zero-order valence-corrected chi connectivity index (χ0v) is 13.7. The fourth-order valence-electron chi connectivity index (χ4n) is 2.12. The number of halogens is 1. The van der Waals surface area contributed by atoms with E-state index in [0.29, 0.717) is 17.3 Å². The highest BCUT2D eigenvalue weighted by Gasteiger charge is 2.11. The van der Waals surface area contributed by atoms with Gasteiger partial charge in [0.15, 0.2) is 0 Å². The van der Waals surface area contributed by atoms with E-state index in [-0.39, 0.29) is 0 Å². The molecule has 114 valence electrons. The Balaban J connectivity index is 2.55. The van der Waals surface area contributed by atoms with Crippen molar-refractivity contribution in [1.29, 1.82) is 5.41 Å². The third kappa shape index (κ3) is 3.95. The van der Waals surface area contributed by atoms with E-state index in [1.165, 1.54) is 0 Å². The van der Waals surface area contributed by atoms with Gasteiger partial charge in [-0.25, -0.2) is 0 Å². The van der Waals surface area contributed by atoms with E-state index in [0.717, 1.165) is 28.2 Å². The predicted molar refractivity (Wildman–Crippen MR) is 93.1 cm³/mol. The number of nitrogens with one attached hydrogen (secondary N) is 1. The third-order valence-corrected chi connectivity index (χ3v) is 3.54. The number of hydrogen-bond donors (Lipinski definition) is 1. The van der Waals surface area contributed by atoms with Crippen molar-refractivity contribution >= 4 is 23.0 Å². The first-order chi connectivity index (χ1) is 10.5. The number of nitrogens with zero attached hydrogens (tertiary/aromatic N) is 1. The van der Waals surface area contributed by atoms with Crippen LogP contribution >= 0.6 is 11.6 Å². The summed E-state index contributed by atoms with van der Waals surface area (Å²) in [6, 6.07) is 13.5. The minimum absolute atomic E-state index is 0.370. The van der Waals surface area contributed by atoms with Crippen LogP contribution in [0.15, 0.2) is 47.5 Å². The van der Waals surface area contributed by atoms with Gasteiger partial charge < -0.3 is 10.1 Å². The number of benzene rings is 2. The van der Waals surface area contributed by atoms with Crippen molar-refractivity contribution in [3.05, 3.63) is 64.2 Å². The van der Waals surface area contributed by atoms with Gasteiger partial charge in [-0.3, -0.25) is 4.99 Å². The Kier molecular flexibility index (Phi) is 5.34. The highest BCUT2D eigenvalue weighted by Crippen LogP contribution is 2.22. The summed E-state index contributed by atoms with van der Waals surface area (Å²) in [7, 11) is 1.65. The molecule has 1 N–H and O–H groups in total. The van der Waals surface area contributed by atoms with E-state index >= 15 is 0 Å². The second kappa shape index (κ2) is 7.23. The molecule has 0 heterocycles. The van der Waals surface area contributed by atoms with Crippen LogP contribution in [-0.2, 0) is 0 Å². The normalized spacial score (nSPS) is 11.4. The van der Waals surface area contributed by atoms with Crippen molar-refractivity contribution in [2.24, 2.45) is 4.99 Å². The molecule has 2 rings (SSSR count). The van der Waals surface area contributed by atoms with Crippen LogP contribution in [0.1, 0.15) is 23.6 Å². The van der Waals surface area contributed by atoms with Crippen LogP contribution in [0.25, 0.3) is 0 Å². The molecule has 0 aliphatic heterocycles. The van der Waals surface area contributed by atoms with Gasteiger partial charge in [-0.1, -0.05) is 29.8 Å². The van der Waals surface area contributed by atoms with Crippen molar-refractivity contribution in [2.45, 2.75) is 13.8 Å². The first-order valence-corrected chi connectivity index (χ1v) is 7.38. The maximum absolute atomic E-state index is 7.63. The summed E-state index contributed by atoms with van der Waals surface area (Å²) < 4.78 is 5.32. The quantitative estimate of drug-likeness (QED) is 0.809. The van der Waals surface area contributed by atoms with Gasteiger partial charge in [-0.2, -0.15) is 0 Å². The van der Waals surface area contributed by atoms with E-state index < -0.39 is 0 Å². The molecule has 0 aromatic heterocycles. The molecule has 0 saturated carbocycles. The minimum Gasteiger partial charge on any atom is -0.497 e. The molecule has 2 aromatic rings. The Labute approximate surface area is 136 Å². The van der Waals surface area contributed by atoms with Gasteiger partial charge in [0.2, 0.25) is 0 Å². The number of hydrogen-bond acceptors (Lipinski definition) is 3. The van der Waals surface area contributed by atoms with Crippen LogP contribution < -0.4 is 4.74 Å². The zero-order chi connectivity index (χ0) is 16.1. The summed E-state index contributed by atoms with van der Waals surface area (Å²) in [4.78, 5) is 4.62. The van der Waals surface area contributed by atoms with E-state index in [9.17, 15) is 0 Å². The Morgan fingerprint density at radius 2 is 1.86 bits per heavy atom. The van der Waals surface area contributed by atoms with Crippen molar-refractivity contribution in [2.75, 3.05) is 13.7 Å². The number of methoxy groups -OCH3 is 1. The first kappa shape index (κ1) is 16.2. The highest BCUT2D eigenvalue weighted by molar-refractivity contribution is 6.30. The topological polar surface area (TPSA) is 45.4 Å². The van der Waals surface area contributed by atoms with E-state index in [4.69, 9.17) is 21.7 Å². The van der Waals surface area contributed by atoms with Crippen LogP contribution in [-0.4, -0.2) is 25.1 Å². The van der Waals surface area contributed by atoms with E-state index in [1.807, 2.05) is 49.4 Å². The fraction of sp³-hybridized carbons (Fsp3) is 0.222. The average molecular weight is 315 g/mol. The summed E-state index contributed by atoms with van der Waals surface area (Å²) in [5.41, 5.74) is 4.45. The van der Waals surface area contributed by atoms with Crippen molar-refractivity contribution < 1.29 is 4.74 Å². The summed E-state index contributed by atoms with van der Waals surface area (Å²) in [5.74, 6) is 0.786. The molecular formula is C18H19ClN2O. The molecule has 0 amide bonds. The molecule has 4 heteroatoms. The van der Waals surface area contributed by atoms with Crippen molar-refractivity contribution in [3.8, 4) is 5.75 Å². The third-order valence-electron chi connectivity index (χ3n) is 3.29. The van der Waals surface area contributed by atoms with Gasteiger partial charge in [0.1, 0.15) is 5.75 Å². The molecule has 2 aromatic carbocycles. The average Bonchev–Trinajstić information content (AvgIpc) is 2.50. The van der Waals surface area contributed by atoms with Crippen LogP contribution in [0.3, 0.4) is 0 Å².